The lowest BCUT2D eigenvalue weighted by molar-refractivity contribution is -0.346. The topological polar surface area (TPSA) is 20.2 Å². The van der Waals surface area contributed by atoms with E-state index in [0.29, 0.717) is 13.8 Å². The first-order valence-electron chi connectivity index (χ1n) is 3.61. The van der Waals surface area contributed by atoms with Crippen LogP contribution in [0.15, 0.2) is 0 Å². The Morgan fingerprint density at radius 3 is 1.14 bits per heavy atom. The minimum absolute atomic E-state index is 0.0144. The summed E-state index contributed by atoms with van der Waals surface area (Å²) in [6, 6.07) is 0. The highest BCUT2D eigenvalue weighted by Gasteiger charge is 2.73. The first kappa shape index (κ1) is 13.5. The number of hydrogen-bond donors (Lipinski definition) is 1. The maximum absolute atomic E-state index is 13.2. The molecule has 7 heteroatoms. The van der Waals surface area contributed by atoms with Gasteiger partial charge in [-0.05, 0) is 20.8 Å². The summed E-state index contributed by atoms with van der Waals surface area (Å²) in [5.74, 6) is -5.60. The van der Waals surface area contributed by atoms with Gasteiger partial charge in [-0.15, -0.1) is 0 Å². The molecule has 0 aromatic heterocycles. The maximum Gasteiger partial charge on any atom is 0.456 e. The highest BCUT2D eigenvalue weighted by atomic mass is 19.4. The summed E-state index contributed by atoms with van der Waals surface area (Å²) in [7, 11) is 0. The standard InChI is InChI=1S/C7H10F6O/c1-4(2,14)5(3,8)6(9,10)7(11,12)13/h14H,1-3H3. The quantitative estimate of drug-likeness (QED) is 0.715. The van der Waals surface area contributed by atoms with Crippen molar-refractivity contribution in [2.24, 2.45) is 0 Å². The molecule has 0 aromatic carbocycles. The highest BCUT2D eigenvalue weighted by molar-refractivity contribution is 5.04. The van der Waals surface area contributed by atoms with Crippen LogP contribution in [0.4, 0.5) is 26.3 Å². The van der Waals surface area contributed by atoms with Crippen LogP contribution >= 0.6 is 0 Å². The molecule has 0 aliphatic rings. The molecule has 86 valence electrons. The van der Waals surface area contributed by atoms with Crippen LogP contribution in [-0.4, -0.2) is 28.5 Å². The molecule has 0 saturated carbocycles. The summed E-state index contributed by atoms with van der Waals surface area (Å²) < 4.78 is 73.5. The molecule has 1 nitrogen and oxygen atoms in total. The van der Waals surface area contributed by atoms with Crippen molar-refractivity contribution in [1.82, 2.24) is 0 Å². The number of hydrogen-bond acceptors (Lipinski definition) is 1. The van der Waals surface area contributed by atoms with Gasteiger partial charge in [-0.25, -0.2) is 4.39 Å². The minimum atomic E-state index is -6.03. The van der Waals surface area contributed by atoms with Crippen LogP contribution in [0.2, 0.25) is 0 Å². The van der Waals surface area contributed by atoms with Gasteiger partial charge in [-0.2, -0.15) is 22.0 Å². The Balaban J connectivity index is 5.30. The monoisotopic (exact) mass is 224 g/mol. The normalized spacial score (nSPS) is 19.3. The van der Waals surface area contributed by atoms with Gasteiger partial charge in [0.2, 0.25) is 5.67 Å². The summed E-state index contributed by atoms with van der Waals surface area (Å²) in [6.07, 6.45) is -6.03. The van der Waals surface area contributed by atoms with E-state index in [9.17, 15) is 26.3 Å². The summed E-state index contributed by atoms with van der Waals surface area (Å²) in [6.45, 7) is 1.11. The van der Waals surface area contributed by atoms with Gasteiger partial charge in [0.1, 0.15) is 0 Å². The average Bonchev–Trinajstić information content (AvgIpc) is 1.81. The van der Waals surface area contributed by atoms with Gasteiger partial charge in [-0.3, -0.25) is 0 Å². The molecule has 1 atom stereocenters. The van der Waals surface area contributed by atoms with Crippen molar-refractivity contribution in [1.29, 1.82) is 0 Å². The van der Waals surface area contributed by atoms with Crippen molar-refractivity contribution in [3.05, 3.63) is 0 Å². The Morgan fingerprint density at radius 2 is 1.07 bits per heavy atom. The Labute approximate surface area is 76.7 Å². The van der Waals surface area contributed by atoms with Crippen LogP contribution in [0.25, 0.3) is 0 Å². The van der Waals surface area contributed by atoms with E-state index in [1.807, 2.05) is 0 Å². The fourth-order valence-corrected chi connectivity index (χ4v) is 0.650. The molecular weight excluding hydrogens is 214 g/mol. The minimum Gasteiger partial charge on any atom is -0.387 e. The third-order valence-electron chi connectivity index (χ3n) is 2.09. The van der Waals surface area contributed by atoms with Crippen LogP contribution in [0, 0.1) is 0 Å². The van der Waals surface area contributed by atoms with E-state index in [2.05, 4.69) is 0 Å². The Hall–Kier alpha value is -0.460. The Bertz CT molecular complexity index is 187. The first-order chi connectivity index (χ1) is 5.75. The van der Waals surface area contributed by atoms with Crippen LogP contribution in [0.1, 0.15) is 20.8 Å². The van der Waals surface area contributed by atoms with Gasteiger partial charge in [0.25, 0.3) is 0 Å². The Kier molecular flexibility index (Phi) is 2.91. The second-order valence-electron chi connectivity index (χ2n) is 3.63. The van der Waals surface area contributed by atoms with Crippen LogP contribution < -0.4 is 0 Å². The molecule has 0 amide bonds. The van der Waals surface area contributed by atoms with E-state index in [1.165, 1.54) is 0 Å². The van der Waals surface area contributed by atoms with Gasteiger partial charge >= 0.3 is 12.1 Å². The second-order valence-corrected chi connectivity index (χ2v) is 3.63. The molecule has 0 radical (unpaired) electrons. The summed E-state index contributed by atoms with van der Waals surface area (Å²) in [5.41, 5.74) is -6.88. The van der Waals surface area contributed by atoms with E-state index >= 15 is 0 Å². The predicted molar refractivity (Wildman–Crippen MR) is 36.8 cm³/mol. The number of rotatable bonds is 2. The smallest absolute Gasteiger partial charge is 0.387 e. The Morgan fingerprint density at radius 1 is 0.786 bits per heavy atom. The molecule has 0 spiro atoms. The highest BCUT2D eigenvalue weighted by Crippen LogP contribution is 2.49. The zero-order valence-electron chi connectivity index (χ0n) is 7.72. The van der Waals surface area contributed by atoms with E-state index in [0.717, 1.165) is 0 Å². The van der Waals surface area contributed by atoms with E-state index in [1.54, 1.807) is 0 Å². The van der Waals surface area contributed by atoms with E-state index in [-0.39, 0.29) is 6.92 Å². The number of aliphatic hydroxyl groups is 1. The molecule has 1 N–H and O–H groups in total. The predicted octanol–water partition coefficient (Wildman–Crippen LogP) is 2.68. The summed E-state index contributed by atoms with van der Waals surface area (Å²) in [4.78, 5) is 0. The molecule has 0 bridgehead atoms. The van der Waals surface area contributed by atoms with Crippen molar-refractivity contribution >= 4 is 0 Å². The van der Waals surface area contributed by atoms with Crippen molar-refractivity contribution in [3.63, 3.8) is 0 Å². The van der Waals surface area contributed by atoms with Crippen LogP contribution in [0.5, 0.6) is 0 Å². The number of halogens is 6. The first-order valence-corrected chi connectivity index (χ1v) is 3.61. The zero-order valence-corrected chi connectivity index (χ0v) is 7.72. The van der Waals surface area contributed by atoms with Crippen LogP contribution in [-0.2, 0) is 0 Å². The lowest BCUT2D eigenvalue weighted by Crippen LogP contribution is -2.62. The lowest BCUT2D eigenvalue weighted by Gasteiger charge is -2.39. The molecule has 0 aromatic rings. The number of alkyl halides is 6. The molecule has 0 aliphatic carbocycles. The molecule has 0 rings (SSSR count). The maximum atomic E-state index is 13.2. The molecular formula is C7H10F6O. The third-order valence-corrected chi connectivity index (χ3v) is 2.09. The average molecular weight is 224 g/mol. The van der Waals surface area contributed by atoms with Gasteiger partial charge < -0.3 is 5.11 Å². The molecule has 0 aliphatic heterocycles. The SMILES string of the molecule is CC(C)(O)C(C)(F)C(F)(F)C(F)(F)F. The van der Waals surface area contributed by atoms with Gasteiger partial charge in [0, 0.05) is 0 Å². The van der Waals surface area contributed by atoms with Crippen molar-refractivity contribution in [3.8, 4) is 0 Å². The summed E-state index contributed by atoms with van der Waals surface area (Å²) in [5, 5.41) is 8.89. The van der Waals surface area contributed by atoms with Gasteiger partial charge in [0.05, 0.1) is 5.60 Å². The van der Waals surface area contributed by atoms with Crippen molar-refractivity contribution < 1.29 is 31.4 Å². The second kappa shape index (κ2) is 3.01. The van der Waals surface area contributed by atoms with Gasteiger partial charge in [0.15, 0.2) is 0 Å². The van der Waals surface area contributed by atoms with E-state index in [4.69, 9.17) is 5.11 Å². The zero-order chi connectivity index (χ0) is 12.0. The van der Waals surface area contributed by atoms with Crippen LogP contribution in [0.3, 0.4) is 0 Å². The van der Waals surface area contributed by atoms with E-state index < -0.39 is 23.4 Å². The van der Waals surface area contributed by atoms with Crippen molar-refractivity contribution in [2.75, 3.05) is 0 Å². The third kappa shape index (κ3) is 1.82. The summed E-state index contributed by atoms with van der Waals surface area (Å²) >= 11 is 0. The van der Waals surface area contributed by atoms with Crippen molar-refractivity contribution in [2.45, 2.75) is 44.1 Å². The fourth-order valence-electron chi connectivity index (χ4n) is 0.650. The van der Waals surface area contributed by atoms with Gasteiger partial charge in [-0.1, -0.05) is 0 Å². The lowest BCUT2D eigenvalue weighted by atomic mass is 9.83. The molecule has 0 saturated heterocycles. The molecule has 1 unspecified atom stereocenters. The molecule has 14 heavy (non-hydrogen) atoms. The molecule has 0 heterocycles. The molecule has 0 fully saturated rings. The fraction of sp³-hybridized carbons (Fsp3) is 1.00. The largest absolute Gasteiger partial charge is 0.456 e.